The first-order valence-corrected chi connectivity index (χ1v) is 4.70. The highest BCUT2D eigenvalue weighted by Crippen LogP contribution is 2.23. The van der Waals surface area contributed by atoms with Gasteiger partial charge in [-0.05, 0) is 6.07 Å². The van der Waals surface area contributed by atoms with Crippen molar-refractivity contribution in [1.29, 1.82) is 0 Å². The molecule has 3 rings (SSSR count). The van der Waals surface area contributed by atoms with Crippen molar-refractivity contribution in [2.75, 3.05) is 5.73 Å². The summed E-state index contributed by atoms with van der Waals surface area (Å²) in [7, 11) is 1.85. The van der Waals surface area contributed by atoms with Crippen LogP contribution in [0.1, 0.15) is 0 Å². The standard InChI is InChI=1S/C9H9N7/c1-16-3-2-6(15-16)7-5-4-11-14-8(5)13-9(10)12-7/h2-4H,1H3,(H3,10,11,12,13,14). The Morgan fingerprint density at radius 3 is 3.00 bits per heavy atom. The van der Waals surface area contributed by atoms with Crippen LogP contribution in [0.2, 0.25) is 0 Å². The molecular weight excluding hydrogens is 206 g/mol. The summed E-state index contributed by atoms with van der Waals surface area (Å²) in [5.41, 5.74) is 7.69. The number of nitrogen functional groups attached to an aromatic ring is 1. The quantitative estimate of drug-likeness (QED) is 0.609. The fraction of sp³-hybridized carbons (Fsp3) is 0.111. The molecule has 16 heavy (non-hydrogen) atoms. The lowest BCUT2D eigenvalue weighted by Crippen LogP contribution is -1.98. The highest BCUT2D eigenvalue weighted by atomic mass is 15.3. The molecule has 0 bridgehead atoms. The van der Waals surface area contributed by atoms with Gasteiger partial charge in [-0.3, -0.25) is 9.78 Å². The average Bonchev–Trinajstić information content (AvgIpc) is 2.84. The van der Waals surface area contributed by atoms with Gasteiger partial charge in [-0.2, -0.15) is 15.2 Å². The van der Waals surface area contributed by atoms with E-state index in [1.807, 2.05) is 19.3 Å². The Balaban J connectivity index is 2.33. The van der Waals surface area contributed by atoms with E-state index in [0.29, 0.717) is 11.3 Å². The van der Waals surface area contributed by atoms with Gasteiger partial charge in [-0.25, -0.2) is 4.98 Å². The number of rotatable bonds is 1. The first kappa shape index (κ1) is 8.84. The normalized spacial score (nSPS) is 11.1. The Morgan fingerprint density at radius 1 is 1.38 bits per heavy atom. The number of H-pyrrole nitrogens is 1. The van der Waals surface area contributed by atoms with Crippen LogP contribution in [-0.2, 0) is 7.05 Å². The maximum Gasteiger partial charge on any atom is 0.222 e. The van der Waals surface area contributed by atoms with E-state index in [2.05, 4.69) is 25.3 Å². The summed E-state index contributed by atoms with van der Waals surface area (Å²) in [5, 5.41) is 11.8. The summed E-state index contributed by atoms with van der Waals surface area (Å²) in [6.45, 7) is 0. The molecule has 3 N–H and O–H groups in total. The zero-order chi connectivity index (χ0) is 11.1. The lowest BCUT2D eigenvalue weighted by atomic mass is 10.2. The van der Waals surface area contributed by atoms with Gasteiger partial charge in [0, 0.05) is 13.2 Å². The van der Waals surface area contributed by atoms with Gasteiger partial charge in [0.2, 0.25) is 5.95 Å². The molecule has 80 valence electrons. The molecule has 0 fully saturated rings. The molecular formula is C9H9N7. The molecule has 0 aromatic carbocycles. The molecule has 0 saturated heterocycles. The smallest absolute Gasteiger partial charge is 0.222 e. The fourth-order valence-electron chi connectivity index (χ4n) is 1.59. The SMILES string of the molecule is Cn1ccc(-c2nc(N)nc3[nH]ncc23)n1. The van der Waals surface area contributed by atoms with Crippen LogP contribution in [-0.4, -0.2) is 29.9 Å². The van der Waals surface area contributed by atoms with Crippen molar-refractivity contribution in [1.82, 2.24) is 29.9 Å². The largest absolute Gasteiger partial charge is 0.368 e. The minimum atomic E-state index is 0.206. The van der Waals surface area contributed by atoms with Gasteiger partial charge in [0.1, 0.15) is 11.4 Å². The van der Waals surface area contributed by atoms with Crippen molar-refractivity contribution >= 4 is 17.0 Å². The Morgan fingerprint density at radius 2 is 2.25 bits per heavy atom. The summed E-state index contributed by atoms with van der Waals surface area (Å²) < 4.78 is 1.71. The predicted molar refractivity (Wildman–Crippen MR) is 58.3 cm³/mol. The Hall–Kier alpha value is -2.44. The van der Waals surface area contributed by atoms with Crippen molar-refractivity contribution < 1.29 is 0 Å². The van der Waals surface area contributed by atoms with Gasteiger partial charge in [0.25, 0.3) is 0 Å². The molecule has 3 heterocycles. The highest BCUT2D eigenvalue weighted by Gasteiger charge is 2.11. The summed E-state index contributed by atoms with van der Waals surface area (Å²) in [6.07, 6.45) is 3.51. The molecule has 0 aliphatic heterocycles. The molecule has 3 aromatic rings. The van der Waals surface area contributed by atoms with Gasteiger partial charge < -0.3 is 5.73 Å². The molecule has 0 radical (unpaired) electrons. The van der Waals surface area contributed by atoms with Crippen LogP contribution in [0.15, 0.2) is 18.5 Å². The van der Waals surface area contributed by atoms with Crippen LogP contribution < -0.4 is 5.73 Å². The van der Waals surface area contributed by atoms with Crippen LogP contribution in [0.25, 0.3) is 22.4 Å². The van der Waals surface area contributed by atoms with Gasteiger partial charge in [-0.15, -0.1) is 0 Å². The van der Waals surface area contributed by atoms with E-state index in [1.165, 1.54) is 0 Å². The van der Waals surface area contributed by atoms with E-state index in [4.69, 9.17) is 5.73 Å². The Bertz CT molecular complexity index is 651. The van der Waals surface area contributed by atoms with Crippen LogP contribution in [0.3, 0.4) is 0 Å². The number of aromatic amines is 1. The van der Waals surface area contributed by atoms with Crippen LogP contribution in [0.4, 0.5) is 5.95 Å². The lowest BCUT2D eigenvalue weighted by molar-refractivity contribution is 0.770. The van der Waals surface area contributed by atoms with E-state index in [0.717, 1.165) is 11.1 Å². The molecule has 0 spiro atoms. The van der Waals surface area contributed by atoms with Crippen molar-refractivity contribution in [2.45, 2.75) is 0 Å². The summed E-state index contributed by atoms with van der Waals surface area (Å²) in [6, 6.07) is 1.87. The summed E-state index contributed by atoms with van der Waals surface area (Å²) in [5.74, 6) is 0.206. The summed E-state index contributed by atoms with van der Waals surface area (Å²) in [4.78, 5) is 8.23. The highest BCUT2D eigenvalue weighted by molar-refractivity contribution is 5.89. The van der Waals surface area contributed by atoms with Gasteiger partial charge >= 0.3 is 0 Å². The van der Waals surface area contributed by atoms with E-state index in [1.54, 1.807) is 10.9 Å². The second-order valence-electron chi connectivity index (χ2n) is 3.44. The number of nitrogens with two attached hydrogens (primary N) is 1. The monoisotopic (exact) mass is 215 g/mol. The number of hydrogen-bond acceptors (Lipinski definition) is 5. The van der Waals surface area contributed by atoms with Gasteiger partial charge in [-0.1, -0.05) is 0 Å². The number of aromatic nitrogens is 6. The molecule has 7 nitrogen and oxygen atoms in total. The number of anilines is 1. The molecule has 7 heteroatoms. The number of nitrogens with one attached hydrogen (secondary N) is 1. The van der Waals surface area contributed by atoms with Crippen LogP contribution in [0.5, 0.6) is 0 Å². The van der Waals surface area contributed by atoms with Gasteiger partial charge in [0.05, 0.1) is 11.6 Å². The maximum absolute atomic E-state index is 5.62. The van der Waals surface area contributed by atoms with Crippen molar-refractivity contribution in [3.63, 3.8) is 0 Å². The second kappa shape index (κ2) is 3.02. The van der Waals surface area contributed by atoms with Crippen molar-refractivity contribution in [2.24, 2.45) is 7.05 Å². The van der Waals surface area contributed by atoms with Crippen molar-refractivity contribution in [3.05, 3.63) is 18.5 Å². The fourth-order valence-corrected chi connectivity index (χ4v) is 1.59. The topological polar surface area (TPSA) is 98.3 Å². The summed E-state index contributed by atoms with van der Waals surface area (Å²) >= 11 is 0. The Kier molecular flexibility index (Phi) is 1.67. The maximum atomic E-state index is 5.62. The first-order chi connectivity index (χ1) is 7.74. The first-order valence-electron chi connectivity index (χ1n) is 4.70. The average molecular weight is 215 g/mol. The lowest BCUT2D eigenvalue weighted by Gasteiger charge is -1.99. The molecule has 0 atom stereocenters. The zero-order valence-electron chi connectivity index (χ0n) is 8.55. The molecule has 3 aromatic heterocycles. The molecule has 0 amide bonds. The molecule has 0 aliphatic rings. The van der Waals surface area contributed by atoms with E-state index in [-0.39, 0.29) is 5.95 Å². The van der Waals surface area contributed by atoms with Crippen LogP contribution in [0, 0.1) is 0 Å². The number of fused-ring (bicyclic) bond motifs is 1. The third-order valence-corrected chi connectivity index (χ3v) is 2.28. The second-order valence-corrected chi connectivity index (χ2v) is 3.44. The van der Waals surface area contributed by atoms with Gasteiger partial charge in [0.15, 0.2) is 5.65 Å². The Labute approximate surface area is 90.3 Å². The van der Waals surface area contributed by atoms with Crippen LogP contribution >= 0.6 is 0 Å². The van der Waals surface area contributed by atoms with Crippen molar-refractivity contribution in [3.8, 4) is 11.4 Å². The third-order valence-electron chi connectivity index (χ3n) is 2.28. The molecule has 0 aliphatic carbocycles. The van der Waals surface area contributed by atoms with E-state index in [9.17, 15) is 0 Å². The number of aryl methyl sites for hydroxylation is 1. The zero-order valence-corrected chi connectivity index (χ0v) is 8.55. The predicted octanol–water partition coefficient (Wildman–Crippen LogP) is 0.336. The minimum Gasteiger partial charge on any atom is -0.368 e. The number of nitrogens with zero attached hydrogens (tertiary/aromatic N) is 5. The number of hydrogen-bond donors (Lipinski definition) is 2. The minimum absolute atomic E-state index is 0.206. The third kappa shape index (κ3) is 1.22. The molecule has 0 saturated carbocycles. The van der Waals surface area contributed by atoms with E-state index >= 15 is 0 Å². The van der Waals surface area contributed by atoms with E-state index < -0.39 is 0 Å². The molecule has 0 unspecified atom stereocenters.